The van der Waals surface area contributed by atoms with Crippen molar-refractivity contribution >= 4 is 11.6 Å². The molecule has 0 saturated heterocycles. The number of phenolic OH excluding ortho intramolecular Hbond substituents is 1. The smallest absolute Gasteiger partial charge is 0.119 e. The summed E-state index contributed by atoms with van der Waals surface area (Å²) in [6.07, 6.45) is 0. The molecule has 0 aliphatic heterocycles. The number of hydrogen-bond donors (Lipinski definition) is 2. The first-order valence-corrected chi connectivity index (χ1v) is 5.06. The van der Waals surface area contributed by atoms with Gasteiger partial charge in [-0.3, -0.25) is 0 Å². The lowest BCUT2D eigenvalue weighted by molar-refractivity contribution is 0.464. The van der Waals surface area contributed by atoms with E-state index in [-0.39, 0.29) is 17.4 Å². The Morgan fingerprint density at radius 3 is 2.50 bits per heavy atom. The molecule has 0 bridgehead atoms. The van der Waals surface area contributed by atoms with Crippen molar-refractivity contribution in [2.75, 3.05) is 0 Å². The summed E-state index contributed by atoms with van der Waals surface area (Å²) in [5.41, 5.74) is 6.88. The quantitative estimate of drug-likeness (QED) is 0.750. The van der Waals surface area contributed by atoms with Gasteiger partial charge < -0.3 is 10.8 Å². The van der Waals surface area contributed by atoms with E-state index in [1.54, 1.807) is 18.2 Å². The molecule has 3 N–H and O–H groups in total. The fourth-order valence-corrected chi connectivity index (χ4v) is 2.23. The van der Waals surface area contributed by atoms with E-state index in [9.17, 15) is 5.11 Å². The lowest BCUT2D eigenvalue weighted by Crippen LogP contribution is -2.06. The van der Waals surface area contributed by atoms with Crippen molar-refractivity contribution in [1.29, 1.82) is 0 Å². The summed E-state index contributed by atoms with van der Waals surface area (Å²) < 4.78 is 0. The molecule has 2 rings (SSSR count). The average Bonchev–Trinajstić information content (AvgIpc) is 2.58. The molecule has 1 aromatic rings. The highest BCUT2D eigenvalue weighted by Crippen LogP contribution is 2.59. The Morgan fingerprint density at radius 1 is 1.43 bits per heavy atom. The largest absolute Gasteiger partial charge is 0.508 e. The third-order valence-electron chi connectivity index (χ3n) is 3.24. The Hall–Kier alpha value is -0.730. The predicted molar refractivity (Wildman–Crippen MR) is 57.6 cm³/mol. The highest BCUT2D eigenvalue weighted by atomic mass is 35.5. The van der Waals surface area contributed by atoms with Crippen molar-refractivity contribution < 1.29 is 5.11 Å². The summed E-state index contributed by atoms with van der Waals surface area (Å²) in [4.78, 5) is 0. The maximum absolute atomic E-state index is 9.68. The second-order valence-electron chi connectivity index (χ2n) is 4.53. The number of nitrogens with two attached hydrogens (primary N) is 1. The van der Waals surface area contributed by atoms with Gasteiger partial charge in [-0.05, 0) is 23.6 Å². The van der Waals surface area contributed by atoms with Crippen molar-refractivity contribution in [3.63, 3.8) is 0 Å². The lowest BCUT2D eigenvalue weighted by Gasteiger charge is -2.05. The molecule has 2 nitrogen and oxygen atoms in total. The SMILES string of the molecule is CC1(C)C(N)C1c1cc(Cl)ccc1O. The highest BCUT2D eigenvalue weighted by molar-refractivity contribution is 6.30. The first-order valence-electron chi connectivity index (χ1n) is 4.68. The summed E-state index contributed by atoms with van der Waals surface area (Å²) in [6.45, 7) is 4.20. The normalized spacial score (nSPS) is 28.9. The molecule has 1 aromatic carbocycles. The van der Waals surface area contributed by atoms with Crippen molar-refractivity contribution in [1.82, 2.24) is 0 Å². The van der Waals surface area contributed by atoms with Gasteiger partial charge in [0.05, 0.1) is 0 Å². The number of halogens is 1. The van der Waals surface area contributed by atoms with E-state index in [1.165, 1.54) is 0 Å². The van der Waals surface area contributed by atoms with Gasteiger partial charge in [0.2, 0.25) is 0 Å². The van der Waals surface area contributed by atoms with Crippen LogP contribution in [-0.2, 0) is 0 Å². The minimum atomic E-state index is 0.0716. The van der Waals surface area contributed by atoms with E-state index in [0.717, 1.165) is 5.56 Å². The Balaban J connectivity index is 2.39. The van der Waals surface area contributed by atoms with Crippen molar-refractivity contribution in [3.05, 3.63) is 28.8 Å². The highest BCUT2D eigenvalue weighted by Gasteiger charge is 2.57. The zero-order valence-corrected chi connectivity index (χ0v) is 9.05. The van der Waals surface area contributed by atoms with E-state index in [2.05, 4.69) is 13.8 Å². The zero-order valence-electron chi connectivity index (χ0n) is 8.29. The van der Waals surface area contributed by atoms with Crippen LogP contribution in [0.3, 0.4) is 0 Å². The van der Waals surface area contributed by atoms with E-state index < -0.39 is 0 Å². The van der Waals surface area contributed by atoms with Gasteiger partial charge in [0.15, 0.2) is 0 Å². The van der Waals surface area contributed by atoms with Crippen LogP contribution in [0.2, 0.25) is 5.02 Å². The third kappa shape index (κ3) is 1.30. The van der Waals surface area contributed by atoms with Crippen LogP contribution in [0.5, 0.6) is 5.75 Å². The standard InChI is InChI=1S/C11H14ClNO/c1-11(2)9(10(11)13)7-5-6(12)3-4-8(7)14/h3-5,9-10,14H,13H2,1-2H3. The maximum atomic E-state index is 9.68. The molecular formula is C11H14ClNO. The average molecular weight is 212 g/mol. The molecule has 14 heavy (non-hydrogen) atoms. The number of phenols is 1. The minimum absolute atomic E-state index is 0.0716. The molecule has 0 aromatic heterocycles. The van der Waals surface area contributed by atoms with Crippen LogP contribution in [0.25, 0.3) is 0 Å². The van der Waals surface area contributed by atoms with Gasteiger partial charge in [0.25, 0.3) is 0 Å². The first-order chi connectivity index (χ1) is 6.44. The Morgan fingerprint density at radius 2 is 2.00 bits per heavy atom. The minimum Gasteiger partial charge on any atom is -0.508 e. The number of aromatic hydroxyl groups is 1. The van der Waals surface area contributed by atoms with Crippen molar-refractivity contribution in [2.24, 2.45) is 11.1 Å². The number of rotatable bonds is 1. The van der Waals surface area contributed by atoms with Gasteiger partial charge in [0, 0.05) is 22.5 Å². The van der Waals surface area contributed by atoms with Gasteiger partial charge >= 0.3 is 0 Å². The van der Waals surface area contributed by atoms with E-state index in [1.807, 2.05) is 0 Å². The molecule has 0 spiro atoms. The van der Waals surface area contributed by atoms with Gasteiger partial charge in [-0.1, -0.05) is 25.4 Å². The summed E-state index contributed by atoms with van der Waals surface area (Å²) >= 11 is 5.88. The Labute approximate surface area is 88.7 Å². The topological polar surface area (TPSA) is 46.2 Å². The zero-order chi connectivity index (χ0) is 10.5. The van der Waals surface area contributed by atoms with Crippen LogP contribution in [-0.4, -0.2) is 11.1 Å². The third-order valence-corrected chi connectivity index (χ3v) is 3.47. The second kappa shape index (κ2) is 2.88. The molecule has 2 unspecified atom stereocenters. The molecule has 2 atom stereocenters. The van der Waals surface area contributed by atoms with Crippen LogP contribution < -0.4 is 5.73 Å². The van der Waals surface area contributed by atoms with E-state index in [0.29, 0.717) is 10.8 Å². The van der Waals surface area contributed by atoms with Crippen LogP contribution in [0.4, 0.5) is 0 Å². The van der Waals surface area contributed by atoms with Crippen molar-refractivity contribution in [2.45, 2.75) is 25.8 Å². The summed E-state index contributed by atoms with van der Waals surface area (Å²) in [5, 5.41) is 10.3. The van der Waals surface area contributed by atoms with Gasteiger partial charge in [0.1, 0.15) is 5.75 Å². The van der Waals surface area contributed by atoms with Gasteiger partial charge in [-0.2, -0.15) is 0 Å². The molecule has 1 saturated carbocycles. The van der Waals surface area contributed by atoms with Crippen LogP contribution in [0.15, 0.2) is 18.2 Å². The van der Waals surface area contributed by atoms with Crippen molar-refractivity contribution in [3.8, 4) is 5.75 Å². The number of benzene rings is 1. The summed E-state index contributed by atoms with van der Waals surface area (Å²) in [5.74, 6) is 0.515. The predicted octanol–water partition coefficient (Wildman–Crippen LogP) is 2.50. The first kappa shape index (κ1) is 9.81. The van der Waals surface area contributed by atoms with Crippen LogP contribution in [0, 0.1) is 5.41 Å². The van der Waals surface area contributed by atoms with E-state index >= 15 is 0 Å². The fourth-order valence-electron chi connectivity index (χ4n) is 2.05. The van der Waals surface area contributed by atoms with Gasteiger partial charge in [-0.25, -0.2) is 0 Å². The molecule has 0 amide bonds. The lowest BCUT2D eigenvalue weighted by atomic mass is 10.0. The second-order valence-corrected chi connectivity index (χ2v) is 4.96. The maximum Gasteiger partial charge on any atom is 0.119 e. The Bertz CT molecular complexity index is 376. The molecule has 1 aliphatic rings. The molecule has 0 radical (unpaired) electrons. The van der Waals surface area contributed by atoms with Gasteiger partial charge in [-0.15, -0.1) is 0 Å². The molecule has 3 heteroatoms. The number of hydrogen-bond acceptors (Lipinski definition) is 2. The molecule has 1 fully saturated rings. The fraction of sp³-hybridized carbons (Fsp3) is 0.455. The summed E-state index contributed by atoms with van der Waals surface area (Å²) in [6, 6.07) is 5.22. The molecule has 76 valence electrons. The Kier molecular flexibility index (Phi) is 2.02. The van der Waals surface area contributed by atoms with Crippen LogP contribution in [0.1, 0.15) is 25.3 Å². The summed E-state index contributed by atoms with van der Waals surface area (Å²) in [7, 11) is 0. The van der Waals surface area contributed by atoms with Crippen LogP contribution >= 0.6 is 11.6 Å². The monoisotopic (exact) mass is 211 g/mol. The van der Waals surface area contributed by atoms with E-state index in [4.69, 9.17) is 17.3 Å². The molecule has 0 heterocycles. The molecular weight excluding hydrogens is 198 g/mol. The molecule has 1 aliphatic carbocycles.